The van der Waals surface area contributed by atoms with Crippen LogP contribution in [0.2, 0.25) is 5.21 Å². The summed E-state index contributed by atoms with van der Waals surface area (Å²) in [5.41, 5.74) is 0.732. The molecule has 6 nitrogen and oxygen atoms in total. The molecule has 127 valence electrons. The third-order valence-electron chi connectivity index (χ3n) is 2.81. The van der Waals surface area contributed by atoms with E-state index in [1.165, 1.54) is 0 Å². The number of hydrogen-bond acceptors (Lipinski definition) is 6. The topological polar surface area (TPSA) is 80.5 Å². The maximum absolute atomic E-state index is 11.4. The number of rotatable bonds is 9. The van der Waals surface area contributed by atoms with Gasteiger partial charge in [-0.05, 0) is 0 Å². The van der Waals surface area contributed by atoms with Gasteiger partial charge in [0.15, 0.2) is 0 Å². The molecule has 1 atom stereocenters. The van der Waals surface area contributed by atoms with Crippen LogP contribution in [-0.2, 0) is 12.3 Å². The number of furan rings is 1. The molecule has 0 saturated carbocycles. The Kier molecular flexibility index (Phi) is 7.92. The zero-order chi connectivity index (χ0) is 16.7. The van der Waals surface area contributed by atoms with E-state index < -0.39 is 11.1 Å². The van der Waals surface area contributed by atoms with Crippen LogP contribution in [0, 0.1) is 0 Å². The van der Waals surface area contributed by atoms with E-state index in [0.717, 1.165) is 44.7 Å². The van der Waals surface area contributed by atoms with Gasteiger partial charge in [-0.1, -0.05) is 0 Å². The number of hydrogen-bond donors (Lipinski definition) is 1. The van der Waals surface area contributed by atoms with Crippen LogP contribution in [0.4, 0.5) is 0 Å². The molecule has 1 radical (unpaired) electrons. The van der Waals surface area contributed by atoms with E-state index in [1.807, 2.05) is 38.8 Å². The van der Waals surface area contributed by atoms with Crippen LogP contribution in [0.1, 0.15) is 18.4 Å². The predicted molar refractivity (Wildman–Crippen MR) is 95.8 cm³/mol. The molecular weight excluding hydrogens is 395 g/mol. The Hall–Kier alpha value is -0.532. The predicted octanol–water partition coefficient (Wildman–Crippen LogP) is 1.39. The Labute approximate surface area is 150 Å². The second kappa shape index (κ2) is 9.69. The fraction of sp³-hybridized carbons (Fsp3) is 0.571. The molecule has 0 aromatic carbocycles. The van der Waals surface area contributed by atoms with E-state index in [1.54, 1.807) is 0 Å². The van der Waals surface area contributed by atoms with E-state index in [-0.39, 0.29) is 15.8 Å². The van der Waals surface area contributed by atoms with Crippen molar-refractivity contribution in [2.75, 3.05) is 26.4 Å². The molecule has 0 aliphatic carbocycles. The van der Waals surface area contributed by atoms with Gasteiger partial charge in [0.05, 0.1) is 0 Å². The summed E-state index contributed by atoms with van der Waals surface area (Å²) in [5.74, 6) is 3.97. The number of aromatic nitrogens is 2. The fourth-order valence-corrected chi connectivity index (χ4v) is 6.72. The maximum atomic E-state index is 11.4. The van der Waals surface area contributed by atoms with Crippen molar-refractivity contribution >= 4 is 43.1 Å². The molecule has 0 fully saturated rings. The molecule has 1 N–H and O–H groups in total. The Morgan fingerprint density at radius 3 is 2.96 bits per heavy atom. The monoisotopic (exact) mass is 417 g/mol. The van der Waals surface area contributed by atoms with Gasteiger partial charge in [-0.25, -0.2) is 0 Å². The molecule has 0 saturated heterocycles. The molecule has 9 heteroatoms. The summed E-state index contributed by atoms with van der Waals surface area (Å²) in [4.78, 5) is 6.40. The SMILES string of the molecule is CCN=c1[nH][s+]([O-])nc1[As]CCSCc1ccc(CN(C)C)o1. The summed E-state index contributed by atoms with van der Waals surface area (Å²) >= 11 is 0.455. The second-order valence-corrected chi connectivity index (χ2v) is 9.61. The van der Waals surface area contributed by atoms with Crippen molar-refractivity contribution in [2.45, 2.75) is 24.4 Å². The van der Waals surface area contributed by atoms with Crippen LogP contribution in [-0.4, -0.2) is 60.3 Å². The average molecular weight is 417 g/mol. The Bertz CT molecular complexity index is 666. The number of nitrogens with one attached hydrogen (secondary N) is 1. The van der Waals surface area contributed by atoms with Gasteiger partial charge in [0.25, 0.3) is 0 Å². The molecule has 2 aromatic rings. The Balaban J connectivity index is 1.72. The third-order valence-corrected chi connectivity index (χ3v) is 7.68. The van der Waals surface area contributed by atoms with Crippen LogP contribution in [0.15, 0.2) is 21.5 Å². The van der Waals surface area contributed by atoms with Crippen LogP contribution >= 0.6 is 22.9 Å². The number of H-pyrrole nitrogens is 1. The molecule has 0 aliphatic heterocycles. The van der Waals surface area contributed by atoms with Gasteiger partial charge >= 0.3 is 151 Å². The first-order chi connectivity index (χ1) is 11.1. The second-order valence-electron chi connectivity index (χ2n) is 5.13. The van der Waals surface area contributed by atoms with Crippen LogP contribution < -0.4 is 9.97 Å². The quantitative estimate of drug-likeness (QED) is 0.379. The first kappa shape index (κ1) is 18.8. The van der Waals surface area contributed by atoms with Gasteiger partial charge in [-0.3, -0.25) is 0 Å². The fourth-order valence-electron chi connectivity index (χ4n) is 1.92. The number of thioether (sulfide) groups is 1. The van der Waals surface area contributed by atoms with Crippen LogP contribution in [0.3, 0.4) is 0 Å². The number of aromatic amines is 1. The van der Waals surface area contributed by atoms with Crippen molar-refractivity contribution < 1.29 is 8.97 Å². The summed E-state index contributed by atoms with van der Waals surface area (Å²) in [5, 5.41) is 1.08. The summed E-state index contributed by atoms with van der Waals surface area (Å²) in [6.45, 7) is 3.48. The third kappa shape index (κ3) is 6.47. The van der Waals surface area contributed by atoms with Crippen molar-refractivity contribution in [1.82, 2.24) is 13.6 Å². The minimum absolute atomic E-state index is 0.0885. The van der Waals surface area contributed by atoms with E-state index >= 15 is 0 Å². The van der Waals surface area contributed by atoms with E-state index in [4.69, 9.17) is 4.42 Å². The van der Waals surface area contributed by atoms with Crippen molar-refractivity contribution in [2.24, 2.45) is 4.99 Å². The average Bonchev–Trinajstić information content (AvgIpc) is 3.05. The number of nitrogens with zero attached hydrogens (tertiary/aromatic N) is 3. The van der Waals surface area contributed by atoms with Crippen molar-refractivity contribution in [1.29, 1.82) is 0 Å². The van der Waals surface area contributed by atoms with Gasteiger partial charge in [-0.15, -0.1) is 0 Å². The summed E-state index contributed by atoms with van der Waals surface area (Å²) < 4.78 is 25.1. The van der Waals surface area contributed by atoms with Gasteiger partial charge in [-0.2, -0.15) is 0 Å². The zero-order valence-corrected chi connectivity index (χ0v) is 17.1. The summed E-state index contributed by atoms with van der Waals surface area (Å²) in [6, 6.07) is 4.10. The molecule has 1 unspecified atom stereocenters. The zero-order valence-electron chi connectivity index (χ0n) is 13.6. The Morgan fingerprint density at radius 2 is 2.22 bits per heavy atom. The molecule has 2 aromatic heterocycles. The van der Waals surface area contributed by atoms with Crippen LogP contribution in [0.25, 0.3) is 0 Å². The first-order valence-electron chi connectivity index (χ1n) is 7.38. The molecule has 0 amide bonds. The van der Waals surface area contributed by atoms with Gasteiger partial charge < -0.3 is 0 Å². The Morgan fingerprint density at radius 1 is 1.43 bits per heavy atom. The van der Waals surface area contributed by atoms with Crippen molar-refractivity contribution in [3.63, 3.8) is 0 Å². The molecule has 2 rings (SSSR count). The standard InChI is InChI=1S/C14H22AsN4O2S2/c1-4-16-14-13(17-23(20)18-14)15-7-8-22-10-12-6-5-11(21-12)9-19(2)3/h5-6H,4,7-10H2,1-3H3,(H,16,18). The molecule has 2 heterocycles. The van der Waals surface area contributed by atoms with Gasteiger partial charge in [0, 0.05) is 0 Å². The normalized spacial score (nSPS) is 13.8. The van der Waals surface area contributed by atoms with Gasteiger partial charge in [0.1, 0.15) is 0 Å². The van der Waals surface area contributed by atoms with Crippen molar-refractivity contribution in [3.05, 3.63) is 29.1 Å². The van der Waals surface area contributed by atoms with E-state index in [2.05, 4.69) is 24.7 Å². The molecule has 0 aliphatic rings. The van der Waals surface area contributed by atoms with E-state index in [0.29, 0.717) is 6.54 Å². The van der Waals surface area contributed by atoms with E-state index in [9.17, 15) is 4.55 Å². The molecule has 0 bridgehead atoms. The molecular formula is C14H22AsN4O2S2. The summed E-state index contributed by atoms with van der Waals surface area (Å²) in [6.07, 6.45) is 0. The van der Waals surface area contributed by atoms with Gasteiger partial charge in [0.2, 0.25) is 0 Å². The minimum atomic E-state index is -1.32. The summed E-state index contributed by atoms with van der Waals surface area (Å²) in [7, 11) is 4.06. The first-order valence-corrected chi connectivity index (χ1v) is 11.9. The molecule has 0 spiro atoms. The van der Waals surface area contributed by atoms with Crippen molar-refractivity contribution in [3.8, 4) is 0 Å². The molecule has 23 heavy (non-hydrogen) atoms. The van der Waals surface area contributed by atoms with Crippen LogP contribution in [0.5, 0.6) is 0 Å².